The Bertz CT molecular complexity index is 689. The summed E-state index contributed by atoms with van der Waals surface area (Å²) in [6.07, 6.45) is 1.21. The van der Waals surface area contributed by atoms with E-state index in [1.165, 1.54) is 5.56 Å². The van der Waals surface area contributed by atoms with E-state index in [-0.39, 0.29) is 11.9 Å². The van der Waals surface area contributed by atoms with Crippen molar-refractivity contribution in [2.24, 2.45) is 0 Å². The van der Waals surface area contributed by atoms with Crippen molar-refractivity contribution in [2.45, 2.75) is 25.8 Å². The molecule has 26 heavy (non-hydrogen) atoms. The summed E-state index contributed by atoms with van der Waals surface area (Å²) >= 11 is 0. The van der Waals surface area contributed by atoms with E-state index in [0.29, 0.717) is 31.0 Å². The van der Waals surface area contributed by atoms with Gasteiger partial charge < -0.3 is 20.1 Å². The molecule has 0 aliphatic carbocycles. The van der Waals surface area contributed by atoms with Gasteiger partial charge in [-0.15, -0.1) is 0 Å². The number of carbonyl (C=O) groups is 1. The monoisotopic (exact) mass is 356 g/mol. The summed E-state index contributed by atoms with van der Waals surface area (Å²) in [6.45, 7) is 3.35. The molecule has 5 nitrogen and oxygen atoms in total. The Morgan fingerprint density at radius 1 is 1.00 bits per heavy atom. The summed E-state index contributed by atoms with van der Waals surface area (Å²) in [5.74, 6) is 1.47. The summed E-state index contributed by atoms with van der Waals surface area (Å²) in [4.78, 5) is 12.0. The number of nitrogens with one attached hydrogen (secondary N) is 2. The van der Waals surface area contributed by atoms with Crippen LogP contribution in [0.5, 0.6) is 11.5 Å². The molecule has 2 rings (SSSR count). The lowest BCUT2D eigenvalue weighted by atomic mass is 10.1. The topological polar surface area (TPSA) is 59.6 Å². The van der Waals surface area contributed by atoms with Crippen LogP contribution in [0, 0.1) is 0 Å². The van der Waals surface area contributed by atoms with Crippen LogP contribution in [0.2, 0.25) is 0 Å². The van der Waals surface area contributed by atoms with Crippen LogP contribution in [0.25, 0.3) is 0 Å². The Morgan fingerprint density at radius 3 is 2.42 bits per heavy atom. The van der Waals surface area contributed by atoms with Crippen molar-refractivity contribution in [3.05, 3.63) is 59.7 Å². The summed E-state index contributed by atoms with van der Waals surface area (Å²) in [7, 11) is 3.23. The third-order valence-electron chi connectivity index (χ3n) is 4.29. The van der Waals surface area contributed by atoms with Crippen molar-refractivity contribution in [3.8, 4) is 11.5 Å². The molecule has 0 bridgehead atoms. The van der Waals surface area contributed by atoms with Gasteiger partial charge in [0, 0.05) is 25.6 Å². The second-order valence-corrected chi connectivity index (χ2v) is 6.13. The Kier molecular flexibility index (Phi) is 7.96. The molecule has 0 saturated carbocycles. The van der Waals surface area contributed by atoms with E-state index in [4.69, 9.17) is 9.47 Å². The quantitative estimate of drug-likeness (QED) is 0.687. The molecular weight excluding hydrogens is 328 g/mol. The van der Waals surface area contributed by atoms with E-state index < -0.39 is 0 Å². The number of carbonyl (C=O) groups excluding carboxylic acids is 1. The largest absolute Gasteiger partial charge is 0.493 e. The molecule has 0 saturated heterocycles. The third kappa shape index (κ3) is 6.08. The van der Waals surface area contributed by atoms with E-state index in [2.05, 4.69) is 29.7 Å². The summed E-state index contributed by atoms with van der Waals surface area (Å²) < 4.78 is 10.5. The molecule has 0 fully saturated rings. The number of methoxy groups -OCH3 is 2. The highest BCUT2D eigenvalue weighted by Crippen LogP contribution is 2.27. The van der Waals surface area contributed by atoms with Crippen molar-refractivity contribution >= 4 is 5.91 Å². The third-order valence-corrected chi connectivity index (χ3v) is 4.29. The van der Waals surface area contributed by atoms with Crippen LogP contribution in [0.4, 0.5) is 0 Å². The maximum absolute atomic E-state index is 12.0. The second-order valence-electron chi connectivity index (χ2n) is 6.13. The van der Waals surface area contributed by atoms with Gasteiger partial charge in [0.1, 0.15) is 0 Å². The van der Waals surface area contributed by atoms with Crippen molar-refractivity contribution in [1.29, 1.82) is 0 Å². The summed E-state index contributed by atoms with van der Waals surface area (Å²) in [5.41, 5.74) is 2.32. The lowest BCUT2D eigenvalue weighted by molar-refractivity contribution is -0.120. The standard InChI is InChI=1S/C21H28N2O3/c1-16(18-7-5-4-6-8-18)22-14-12-21(24)23-13-11-17-9-10-19(25-2)20(15-17)26-3/h4-10,15-16,22H,11-14H2,1-3H3,(H,23,24). The molecule has 5 heteroatoms. The molecule has 140 valence electrons. The average Bonchev–Trinajstić information content (AvgIpc) is 2.68. The highest BCUT2D eigenvalue weighted by molar-refractivity contribution is 5.76. The molecular formula is C21H28N2O3. The highest BCUT2D eigenvalue weighted by Gasteiger charge is 2.07. The Hall–Kier alpha value is -2.53. The first kappa shape index (κ1) is 19.8. The number of benzene rings is 2. The van der Waals surface area contributed by atoms with Crippen LogP contribution < -0.4 is 20.1 Å². The molecule has 2 aromatic rings. The smallest absolute Gasteiger partial charge is 0.221 e. The number of hydrogen-bond donors (Lipinski definition) is 2. The van der Waals surface area contributed by atoms with E-state index in [1.54, 1.807) is 14.2 Å². The Morgan fingerprint density at radius 2 is 1.73 bits per heavy atom. The predicted octanol–water partition coefficient (Wildman–Crippen LogP) is 3.10. The van der Waals surface area contributed by atoms with Gasteiger partial charge in [-0.05, 0) is 36.6 Å². The minimum Gasteiger partial charge on any atom is -0.493 e. The van der Waals surface area contributed by atoms with Gasteiger partial charge in [-0.25, -0.2) is 0 Å². The molecule has 0 aromatic heterocycles. The Labute approximate surface area is 155 Å². The van der Waals surface area contributed by atoms with E-state index in [9.17, 15) is 4.79 Å². The van der Waals surface area contributed by atoms with Crippen LogP contribution in [-0.2, 0) is 11.2 Å². The van der Waals surface area contributed by atoms with Gasteiger partial charge in [0.2, 0.25) is 5.91 Å². The average molecular weight is 356 g/mol. The van der Waals surface area contributed by atoms with Crippen LogP contribution in [0.15, 0.2) is 48.5 Å². The van der Waals surface area contributed by atoms with Gasteiger partial charge in [0.05, 0.1) is 14.2 Å². The zero-order valence-corrected chi connectivity index (χ0v) is 15.7. The van der Waals surface area contributed by atoms with Gasteiger partial charge in [0.25, 0.3) is 0 Å². The lowest BCUT2D eigenvalue weighted by Crippen LogP contribution is -2.30. The normalized spacial score (nSPS) is 11.7. The molecule has 1 unspecified atom stereocenters. The van der Waals surface area contributed by atoms with Crippen molar-refractivity contribution < 1.29 is 14.3 Å². The predicted molar refractivity (Wildman–Crippen MR) is 104 cm³/mol. The molecule has 0 spiro atoms. The van der Waals surface area contributed by atoms with E-state index >= 15 is 0 Å². The van der Waals surface area contributed by atoms with Crippen molar-refractivity contribution in [2.75, 3.05) is 27.3 Å². The van der Waals surface area contributed by atoms with Gasteiger partial charge in [-0.3, -0.25) is 4.79 Å². The summed E-state index contributed by atoms with van der Waals surface area (Å²) in [6, 6.07) is 16.2. The number of hydrogen-bond acceptors (Lipinski definition) is 4. The van der Waals surface area contributed by atoms with Crippen molar-refractivity contribution in [1.82, 2.24) is 10.6 Å². The van der Waals surface area contributed by atoms with E-state index in [0.717, 1.165) is 12.0 Å². The fourth-order valence-corrected chi connectivity index (χ4v) is 2.73. The van der Waals surface area contributed by atoms with Gasteiger partial charge >= 0.3 is 0 Å². The molecule has 1 amide bonds. The number of amides is 1. The van der Waals surface area contributed by atoms with Gasteiger partial charge in [-0.1, -0.05) is 36.4 Å². The maximum Gasteiger partial charge on any atom is 0.221 e. The van der Waals surface area contributed by atoms with Gasteiger partial charge in [-0.2, -0.15) is 0 Å². The minimum absolute atomic E-state index is 0.0539. The molecule has 2 aromatic carbocycles. The first-order chi connectivity index (χ1) is 12.6. The fourth-order valence-electron chi connectivity index (χ4n) is 2.73. The first-order valence-electron chi connectivity index (χ1n) is 8.90. The minimum atomic E-state index is 0.0539. The number of rotatable bonds is 10. The van der Waals surface area contributed by atoms with Crippen molar-refractivity contribution in [3.63, 3.8) is 0 Å². The van der Waals surface area contributed by atoms with Gasteiger partial charge in [0.15, 0.2) is 11.5 Å². The highest BCUT2D eigenvalue weighted by atomic mass is 16.5. The SMILES string of the molecule is COc1ccc(CCNC(=O)CCNC(C)c2ccccc2)cc1OC. The molecule has 0 aliphatic heterocycles. The molecule has 1 atom stereocenters. The first-order valence-corrected chi connectivity index (χ1v) is 8.90. The van der Waals surface area contributed by atoms with E-state index in [1.807, 2.05) is 36.4 Å². The second kappa shape index (κ2) is 10.5. The number of ether oxygens (including phenoxy) is 2. The Balaban J connectivity index is 1.67. The van der Waals surface area contributed by atoms with Crippen LogP contribution in [0.3, 0.4) is 0 Å². The zero-order valence-electron chi connectivity index (χ0n) is 15.7. The zero-order chi connectivity index (χ0) is 18.8. The van der Waals surface area contributed by atoms with Crippen LogP contribution >= 0.6 is 0 Å². The fraction of sp³-hybridized carbons (Fsp3) is 0.381. The summed E-state index contributed by atoms with van der Waals surface area (Å²) in [5, 5.41) is 6.33. The molecule has 0 radical (unpaired) electrons. The maximum atomic E-state index is 12.0. The van der Waals surface area contributed by atoms with Crippen LogP contribution in [-0.4, -0.2) is 33.2 Å². The molecule has 0 heterocycles. The molecule has 0 aliphatic rings. The lowest BCUT2D eigenvalue weighted by Gasteiger charge is -2.14. The molecule has 2 N–H and O–H groups in total. The van der Waals surface area contributed by atoms with Crippen LogP contribution in [0.1, 0.15) is 30.5 Å².